The van der Waals surface area contributed by atoms with Gasteiger partial charge in [-0.1, -0.05) is 0 Å². The second kappa shape index (κ2) is 3.78. The van der Waals surface area contributed by atoms with Crippen molar-refractivity contribution in [2.45, 2.75) is 6.92 Å². The summed E-state index contributed by atoms with van der Waals surface area (Å²) in [7, 11) is 0. The van der Waals surface area contributed by atoms with Crippen LogP contribution in [-0.4, -0.2) is 20.4 Å². The maximum Gasteiger partial charge on any atom is 0.337 e. The lowest BCUT2D eigenvalue weighted by atomic mass is 10.2. The SMILES string of the molecule is Cc1cc(-c2cncc(C(=O)O)c2)sn1. The largest absolute Gasteiger partial charge is 0.478 e. The molecule has 0 aliphatic carbocycles. The lowest BCUT2D eigenvalue weighted by Gasteiger charge is -1.97. The zero-order valence-electron chi connectivity index (χ0n) is 7.97. The molecule has 0 aliphatic heterocycles. The third kappa shape index (κ3) is 2.02. The Bertz CT molecular complexity index is 508. The molecular formula is C10H8N2O2S. The van der Waals surface area contributed by atoms with E-state index in [4.69, 9.17) is 5.11 Å². The fourth-order valence-electron chi connectivity index (χ4n) is 1.19. The van der Waals surface area contributed by atoms with Crippen LogP contribution < -0.4 is 0 Å². The average Bonchev–Trinajstić information content (AvgIpc) is 2.65. The van der Waals surface area contributed by atoms with Gasteiger partial charge in [-0.05, 0) is 30.6 Å². The molecule has 4 nitrogen and oxygen atoms in total. The van der Waals surface area contributed by atoms with Crippen LogP contribution in [0.4, 0.5) is 0 Å². The van der Waals surface area contributed by atoms with Crippen molar-refractivity contribution in [2.24, 2.45) is 0 Å². The van der Waals surface area contributed by atoms with Crippen LogP contribution in [0, 0.1) is 6.92 Å². The summed E-state index contributed by atoms with van der Waals surface area (Å²) in [5.41, 5.74) is 1.91. The Morgan fingerprint density at radius 1 is 1.40 bits per heavy atom. The number of nitrogens with zero attached hydrogens (tertiary/aromatic N) is 2. The first-order chi connectivity index (χ1) is 7.16. The van der Waals surface area contributed by atoms with Crippen molar-refractivity contribution in [3.05, 3.63) is 35.8 Å². The summed E-state index contributed by atoms with van der Waals surface area (Å²) in [5.74, 6) is -0.967. The first-order valence-electron chi connectivity index (χ1n) is 4.29. The second-order valence-electron chi connectivity index (χ2n) is 3.10. The van der Waals surface area contributed by atoms with Gasteiger partial charge >= 0.3 is 5.97 Å². The molecule has 2 aromatic heterocycles. The minimum atomic E-state index is -0.967. The van der Waals surface area contributed by atoms with E-state index >= 15 is 0 Å². The van der Waals surface area contributed by atoms with Gasteiger partial charge in [0.2, 0.25) is 0 Å². The normalized spacial score (nSPS) is 10.2. The average molecular weight is 220 g/mol. The summed E-state index contributed by atoms with van der Waals surface area (Å²) in [4.78, 5) is 15.6. The van der Waals surface area contributed by atoms with Gasteiger partial charge in [0.25, 0.3) is 0 Å². The minimum Gasteiger partial charge on any atom is -0.478 e. The minimum absolute atomic E-state index is 0.193. The maximum atomic E-state index is 10.7. The van der Waals surface area contributed by atoms with Gasteiger partial charge in [0, 0.05) is 18.0 Å². The van der Waals surface area contributed by atoms with Crippen molar-refractivity contribution in [2.75, 3.05) is 0 Å². The Hall–Kier alpha value is -1.75. The van der Waals surface area contributed by atoms with Gasteiger partial charge in [-0.2, -0.15) is 4.37 Å². The topological polar surface area (TPSA) is 63.1 Å². The lowest BCUT2D eigenvalue weighted by molar-refractivity contribution is 0.0696. The molecule has 2 aromatic rings. The molecule has 0 radical (unpaired) electrons. The predicted octanol–water partition coefficient (Wildman–Crippen LogP) is 2.21. The number of aromatic carboxylic acids is 1. The highest BCUT2D eigenvalue weighted by Gasteiger charge is 2.07. The van der Waals surface area contributed by atoms with E-state index in [1.54, 1.807) is 12.3 Å². The molecule has 5 heteroatoms. The molecule has 0 bridgehead atoms. The number of aryl methyl sites for hydroxylation is 1. The van der Waals surface area contributed by atoms with Gasteiger partial charge in [-0.3, -0.25) is 4.98 Å². The van der Waals surface area contributed by atoms with Crippen LogP contribution in [0.3, 0.4) is 0 Å². The van der Waals surface area contributed by atoms with Crippen molar-refractivity contribution in [3.63, 3.8) is 0 Å². The third-order valence-electron chi connectivity index (χ3n) is 1.90. The zero-order chi connectivity index (χ0) is 10.8. The fraction of sp³-hybridized carbons (Fsp3) is 0.100. The van der Waals surface area contributed by atoms with Gasteiger partial charge in [0.15, 0.2) is 0 Å². The zero-order valence-corrected chi connectivity index (χ0v) is 8.78. The van der Waals surface area contributed by atoms with Crippen LogP contribution in [0.5, 0.6) is 0 Å². The standard InChI is InChI=1S/C10H8N2O2S/c1-6-2-9(15-12-6)7-3-8(10(13)14)5-11-4-7/h2-5H,1H3,(H,13,14). The number of aromatic nitrogens is 2. The van der Waals surface area contributed by atoms with Gasteiger partial charge in [0.1, 0.15) is 0 Å². The highest BCUT2D eigenvalue weighted by atomic mass is 32.1. The summed E-state index contributed by atoms with van der Waals surface area (Å²) >= 11 is 1.34. The van der Waals surface area contributed by atoms with Crippen molar-refractivity contribution in [1.29, 1.82) is 0 Å². The molecule has 0 unspecified atom stereocenters. The molecule has 2 heterocycles. The predicted molar refractivity (Wildman–Crippen MR) is 57.0 cm³/mol. The molecule has 15 heavy (non-hydrogen) atoms. The Morgan fingerprint density at radius 2 is 2.20 bits per heavy atom. The number of carbonyl (C=O) groups is 1. The van der Waals surface area contributed by atoms with Crippen LogP contribution in [0.25, 0.3) is 10.4 Å². The maximum absolute atomic E-state index is 10.7. The van der Waals surface area contributed by atoms with Crippen LogP contribution in [0.15, 0.2) is 24.5 Å². The molecule has 0 atom stereocenters. The quantitative estimate of drug-likeness (QED) is 0.842. The highest BCUT2D eigenvalue weighted by molar-refractivity contribution is 7.09. The Labute approximate surface area is 90.4 Å². The summed E-state index contributed by atoms with van der Waals surface area (Å²) in [6, 6.07) is 3.51. The number of rotatable bonds is 2. The number of hydrogen-bond acceptors (Lipinski definition) is 4. The summed E-state index contributed by atoms with van der Waals surface area (Å²) in [6.07, 6.45) is 2.97. The van der Waals surface area contributed by atoms with Gasteiger partial charge in [-0.25, -0.2) is 4.79 Å². The van der Waals surface area contributed by atoms with Crippen molar-refractivity contribution in [1.82, 2.24) is 9.36 Å². The molecule has 76 valence electrons. The number of carboxylic acid groups (broad SMARTS) is 1. The summed E-state index contributed by atoms with van der Waals surface area (Å²) in [5, 5.41) is 8.81. The summed E-state index contributed by atoms with van der Waals surface area (Å²) < 4.78 is 4.13. The Kier molecular flexibility index (Phi) is 2.47. The van der Waals surface area contributed by atoms with E-state index in [9.17, 15) is 4.79 Å². The van der Waals surface area contributed by atoms with Crippen molar-refractivity contribution < 1.29 is 9.90 Å². The van der Waals surface area contributed by atoms with Crippen LogP contribution in [0.1, 0.15) is 16.1 Å². The molecule has 2 rings (SSSR count). The van der Waals surface area contributed by atoms with E-state index in [-0.39, 0.29) is 5.56 Å². The number of hydrogen-bond donors (Lipinski definition) is 1. The van der Waals surface area contributed by atoms with Crippen molar-refractivity contribution >= 4 is 17.5 Å². The fourth-order valence-corrected chi connectivity index (χ4v) is 1.93. The molecule has 0 aromatic carbocycles. The van der Waals surface area contributed by atoms with Gasteiger partial charge in [-0.15, -0.1) is 0 Å². The Morgan fingerprint density at radius 3 is 2.80 bits per heavy atom. The van der Waals surface area contributed by atoms with E-state index in [1.165, 1.54) is 17.7 Å². The van der Waals surface area contributed by atoms with Crippen LogP contribution >= 0.6 is 11.5 Å². The van der Waals surface area contributed by atoms with Crippen LogP contribution in [-0.2, 0) is 0 Å². The molecule has 1 N–H and O–H groups in total. The van der Waals surface area contributed by atoms with Gasteiger partial charge < -0.3 is 5.11 Å². The van der Waals surface area contributed by atoms with E-state index in [2.05, 4.69) is 9.36 Å². The second-order valence-corrected chi connectivity index (χ2v) is 3.90. The molecule has 0 fully saturated rings. The molecule has 0 amide bonds. The van der Waals surface area contributed by atoms with Crippen LogP contribution in [0.2, 0.25) is 0 Å². The van der Waals surface area contributed by atoms with E-state index < -0.39 is 5.97 Å². The molecule has 0 saturated carbocycles. The molecule has 0 saturated heterocycles. The lowest BCUT2D eigenvalue weighted by Crippen LogP contribution is -1.96. The number of pyridine rings is 1. The van der Waals surface area contributed by atoms with Crippen molar-refractivity contribution in [3.8, 4) is 10.4 Å². The first kappa shape index (κ1) is 9.79. The Balaban J connectivity index is 2.45. The molecule has 0 aliphatic rings. The van der Waals surface area contributed by atoms with Gasteiger partial charge in [0.05, 0.1) is 16.1 Å². The van der Waals surface area contributed by atoms with E-state index in [0.29, 0.717) is 0 Å². The highest BCUT2D eigenvalue weighted by Crippen LogP contribution is 2.24. The first-order valence-corrected chi connectivity index (χ1v) is 5.06. The summed E-state index contributed by atoms with van der Waals surface area (Å²) in [6.45, 7) is 1.90. The smallest absolute Gasteiger partial charge is 0.337 e. The molecular weight excluding hydrogens is 212 g/mol. The third-order valence-corrected chi connectivity index (χ3v) is 2.83. The van der Waals surface area contributed by atoms with E-state index in [0.717, 1.165) is 16.1 Å². The monoisotopic (exact) mass is 220 g/mol. The number of carboxylic acids is 1. The van der Waals surface area contributed by atoms with E-state index in [1.807, 2.05) is 13.0 Å². The molecule has 0 spiro atoms.